The van der Waals surface area contributed by atoms with Gasteiger partial charge in [0, 0.05) is 24.3 Å². The van der Waals surface area contributed by atoms with Gasteiger partial charge in [0.1, 0.15) is 5.75 Å². The van der Waals surface area contributed by atoms with Crippen molar-refractivity contribution in [2.45, 2.75) is 6.42 Å². The molecule has 0 aliphatic carbocycles. The Kier molecular flexibility index (Phi) is 7.15. The molecule has 1 saturated heterocycles. The standard InChI is InChI=1S/C21H23N3O4S/c1-27-18-7-5-15(6-8-18)13-19(25)23-21(29)22-17-4-2-3-16(14-17)20(26)24-9-11-28-12-10-24/h2-8,14H,9-13H2,1H3,(H2,22,23,25,29). The second-order valence-corrected chi connectivity index (χ2v) is 6.92. The van der Waals surface area contributed by atoms with Crippen molar-refractivity contribution < 1.29 is 19.1 Å². The molecule has 7 nitrogen and oxygen atoms in total. The molecular weight excluding hydrogens is 390 g/mol. The van der Waals surface area contributed by atoms with E-state index in [2.05, 4.69) is 10.6 Å². The van der Waals surface area contributed by atoms with Crippen LogP contribution in [0.2, 0.25) is 0 Å². The van der Waals surface area contributed by atoms with Crippen LogP contribution >= 0.6 is 12.2 Å². The van der Waals surface area contributed by atoms with E-state index >= 15 is 0 Å². The number of methoxy groups -OCH3 is 1. The van der Waals surface area contributed by atoms with E-state index in [1.165, 1.54) is 0 Å². The van der Waals surface area contributed by atoms with Gasteiger partial charge in [-0.1, -0.05) is 18.2 Å². The van der Waals surface area contributed by atoms with Gasteiger partial charge in [-0.3, -0.25) is 9.59 Å². The summed E-state index contributed by atoms with van der Waals surface area (Å²) in [5, 5.41) is 5.80. The second-order valence-electron chi connectivity index (χ2n) is 6.51. The highest BCUT2D eigenvalue weighted by molar-refractivity contribution is 7.80. The molecule has 3 rings (SSSR count). The van der Waals surface area contributed by atoms with Gasteiger partial charge in [-0.25, -0.2) is 0 Å². The van der Waals surface area contributed by atoms with E-state index in [1.54, 1.807) is 48.4 Å². The van der Waals surface area contributed by atoms with Gasteiger partial charge in [0.15, 0.2) is 5.11 Å². The summed E-state index contributed by atoms with van der Waals surface area (Å²) in [5.74, 6) is 0.456. The number of hydrogen-bond donors (Lipinski definition) is 2. The van der Waals surface area contributed by atoms with E-state index < -0.39 is 0 Å². The molecule has 0 radical (unpaired) electrons. The van der Waals surface area contributed by atoms with Crippen LogP contribution in [0.25, 0.3) is 0 Å². The van der Waals surface area contributed by atoms with Crippen LogP contribution in [0.15, 0.2) is 48.5 Å². The topological polar surface area (TPSA) is 79.9 Å². The van der Waals surface area contributed by atoms with Gasteiger partial charge >= 0.3 is 0 Å². The minimum absolute atomic E-state index is 0.0496. The molecule has 2 aromatic rings. The molecule has 29 heavy (non-hydrogen) atoms. The van der Waals surface area contributed by atoms with Crippen molar-refractivity contribution in [3.63, 3.8) is 0 Å². The van der Waals surface area contributed by atoms with Crippen molar-refractivity contribution >= 4 is 34.8 Å². The number of hydrogen-bond acceptors (Lipinski definition) is 5. The quantitative estimate of drug-likeness (QED) is 0.732. The summed E-state index contributed by atoms with van der Waals surface area (Å²) in [7, 11) is 1.59. The molecular formula is C21H23N3O4S. The molecule has 1 aliphatic heterocycles. The van der Waals surface area contributed by atoms with Gasteiger partial charge in [-0.05, 0) is 48.1 Å². The number of anilines is 1. The molecule has 8 heteroatoms. The fourth-order valence-electron chi connectivity index (χ4n) is 2.94. The smallest absolute Gasteiger partial charge is 0.254 e. The molecule has 0 spiro atoms. The van der Waals surface area contributed by atoms with Gasteiger partial charge in [-0.15, -0.1) is 0 Å². The summed E-state index contributed by atoms with van der Waals surface area (Å²) in [4.78, 5) is 26.6. The zero-order valence-corrected chi connectivity index (χ0v) is 17.0. The maximum atomic E-state index is 12.6. The van der Waals surface area contributed by atoms with E-state index in [0.717, 1.165) is 11.3 Å². The summed E-state index contributed by atoms with van der Waals surface area (Å²) in [6.45, 7) is 2.26. The van der Waals surface area contributed by atoms with Crippen LogP contribution < -0.4 is 15.4 Å². The third-order valence-corrected chi connectivity index (χ3v) is 4.65. The number of carbonyl (C=O) groups is 2. The first-order valence-corrected chi connectivity index (χ1v) is 9.67. The minimum Gasteiger partial charge on any atom is -0.497 e. The van der Waals surface area contributed by atoms with Gasteiger partial charge in [0.05, 0.1) is 26.7 Å². The second kappa shape index (κ2) is 9.99. The Balaban J connectivity index is 1.54. The molecule has 2 aromatic carbocycles. The molecule has 0 unspecified atom stereocenters. The van der Waals surface area contributed by atoms with Gasteiger partial charge < -0.3 is 25.0 Å². The predicted molar refractivity (Wildman–Crippen MR) is 114 cm³/mol. The molecule has 0 atom stereocenters. The lowest BCUT2D eigenvalue weighted by Gasteiger charge is -2.27. The van der Waals surface area contributed by atoms with Crippen LogP contribution in [0.4, 0.5) is 5.69 Å². The number of rotatable bonds is 5. The van der Waals surface area contributed by atoms with Crippen molar-refractivity contribution in [2.24, 2.45) is 0 Å². The highest BCUT2D eigenvalue weighted by Gasteiger charge is 2.18. The number of thiocarbonyl (C=S) groups is 1. The third kappa shape index (κ3) is 6.00. The zero-order valence-electron chi connectivity index (χ0n) is 16.1. The third-order valence-electron chi connectivity index (χ3n) is 4.44. The molecule has 2 N–H and O–H groups in total. The van der Waals surface area contributed by atoms with Crippen LogP contribution in [-0.4, -0.2) is 55.2 Å². The lowest BCUT2D eigenvalue weighted by molar-refractivity contribution is -0.119. The minimum atomic E-state index is -0.229. The molecule has 2 amide bonds. The number of ether oxygens (including phenoxy) is 2. The van der Waals surface area contributed by atoms with Crippen LogP contribution in [-0.2, 0) is 16.0 Å². The van der Waals surface area contributed by atoms with Crippen LogP contribution in [0.1, 0.15) is 15.9 Å². The molecule has 0 bridgehead atoms. The summed E-state index contributed by atoms with van der Waals surface area (Å²) in [6.07, 6.45) is 0.196. The van der Waals surface area contributed by atoms with E-state index in [9.17, 15) is 9.59 Å². The number of nitrogens with zero attached hydrogens (tertiary/aromatic N) is 1. The fraction of sp³-hybridized carbons (Fsp3) is 0.286. The average molecular weight is 413 g/mol. The first-order valence-electron chi connectivity index (χ1n) is 9.26. The number of benzene rings is 2. The first-order chi connectivity index (χ1) is 14.0. The Morgan fingerprint density at radius 3 is 2.55 bits per heavy atom. The Morgan fingerprint density at radius 1 is 1.14 bits per heavy atom. The molecule has 0 saturated carbocycles. The SMILES string of the molecule is COc1ccc(CC(=O)NC(=S)Nc2cccc(C(=O)N3CCOCC3)c2)cc1. The largest absolute Gasteiger partial charge is 0.497 e. The van der Waals surface area contributed by atoms with Gasteiger partial charge in [0.25, 0.3) is 5.91 Å². The maximum Gasteiger partial charge on any atom is 0.254 e. The Hall–Kier alpha value is -2.97. The number of nitrogens with one attached hydrogen (secondary N) is 2. The Bertz CT molecular complexity index is 880. The number of carbonyl (C=O) groups excluding carboxylic acids is 2. The first kappa shape index (κ1) is 20.8. The highest BCUT2D eigenvalue weighted by Crippen LogP contribution is 2.14. The number of amides is 2. The van der Waals surface area contributed by atoms with E-state index in [0.29, 0.717) is 37.6 Å². The molecule has 1 heterocycles. The zero-order chi connectivity index (χ0) is 20.6. The average Bonchev–Trinajstić information content (AvgIpc) is 2.74. The van der Waals surface area contributed by atoms with Crippen molar-refractivity contribution in [2.75, 3.05) is 38.7 Å². The fourth-order valence-corrected chi connectivity index (χ4v) is 3.17. The molecule has 0 aromatic heterocycles. The monoisotopic (exact) mass is 413 g/mol. The van der Waals surface area contributed by atoms with Crippen molar-refractivity contribution in [3.8, 4) is 5.75 Å². The Labute approximate surface area is 175 Å². The predicted octanol–water partition coefficient (Wildman–Crippen LogP) is 2.22. The Morgan fingerprint density at radius 2 is 1.86 bits per heavy atom. The summed E-state index contributed by atoms with van der Waals surface area (Å²) < 4.78 is 10.4. The van der Waals surface area contributed by atoms with E-state index in [-0.39, 0.29) is 23.3 Å². The van der Waals surface area contributed by atoms with Crippen LogP contribution in [0, 0.1) is 0 Å². The lowest BCUT2D eigenvalue weighted by Crippen LogP contribution is -2.40. The van der Waals surface area contributed by atoms with E-state index in [1.807, 2.05) is 12.1 Å². The normalized spacial score (nSPS) is 13.5. The molecule has 1 aliphatic rings. The lowest BCUT2D eigenvalue weighted by atomic mass is 10.1. The maximum absolute atomic E-state index is 12.6. The summed E-state index contributed by atoms with van der Waals surface area (Å²) >= 11 is 5.23. The summed E-state index contributed by atoms with van der Waals surface area (Å²) in [6, 6.07) is 14.3. The van der Waals surface area contributed by atoms with Crippen LogP contribution in [0.5, 0.6) is 5.75 Å². The molecule has 152 valence electrons. The van der Waals surface area contributed by atoms with Crippen molar-refractivity contribution in [1.82, 2.24) is 10.2 Å². The summed E-state index contributed by atoms with van der Waals surface area (Å²) in [5.41, 5.74) is 2.05. The highest BCUT2D eigenvalue weighted by atomic mass is 32.1. The van der Waals surface area contributed by atoms with Gasteiger partial charge in [0.2, 0.25) is 5.91 Å². The van der Waals surface area contributed by atoms with Crippen LogP contribution in [0.3, 0.4) is 0 Å². The molecule has 1 fully saturated rings. The van der Waals surface area contributed by atoms with Crippen molar-refractivity contribution in [1.29, 1.82) is 0 Å². The van der Waals surface area contributed by atoms with Gasteiger partial charge in [-0.2, -0.15) is 0 Å². The van der Waals surface area contributed by atoms with Crippen molar-refractivity contribution in [3.05, 3.63) is 59.7 Å². The number of morpholine rings is 1. The van der Waals surface area contributed by atoms with E-state index in [4.69, 9.17) is 21.7 Å².